The second kappa shape index (κ2) is 5.01. The minimum Gasteiger partial charge on any atom is -0.366 e. The molecule has 1 aliphatic carbocycles. The summed E-state index contributed by atoms with van der Waals surface area (Å²) in [5.74, 6) is 0.372. The zero-order valence-electron chi connectivity index (χ0n) is 13.3. The Hall–Kier alpha value is -3.47. The molecule has 1 aliphatic rings. The van der Waals surface area contributed by atoms with Crippen molar-refractivity contribution in [3.8, 4) is 22.5 Å². The number of aromatic amines is 1. The van der Waals surface area contributed by atoms with Gasteiger partial charge in [-0.3, -0.25) is 9.78 Å². The number of pyridine rings is 1. The molecule has 5 nitrogen and oxygen atoms in total. The first-order chi connectivity index (χ1) is 12.2. The number of amides is 1. The van der Waals surface area contributed by atoms with E-state index < -0.39 is 5.91 Å². The standard InChI is InChI=1S/C20H14N4O/c21-19(25)13-5-6-14(20-23-16-7-8-22-10-17(16)24-20)18-12-4-2-1-3-11(12)9-15(13)18/h1-8,10H,9H2,(H2,21,25)(H,23,24). The normalized spacial score (nSPS) is 12.2. The van der Waals surface area contributed by atoms with Gasteiger partial charge in [0.2, 0.25) is 5.91 Å². The van der Waals surface area contributed by atoms with Crippen LogP contribution in [0.4, 0.5) is 0 Å². The van der Waals surface area contributed by atoms with Gasteiger partial charge in [-0.1, -0.05) is 24.3 Å². The Kier molecular flexibility index (Phi) is 2.79. The fraction of sp³-hybridized carbons (Fsp3) is 0.0500. The Morgan fingerprint density at radius 1 is 1.08 bits per heavy atom. The number of benzene rings is 2. The number of carbonyl (C=O) groups excluding carboxylic acids is 1. The minimum absolute atomic E-state index is 0.399. The topological polar surface area (TPSA) is 84.7 Å². The average molecular weight is 326 g/mol. The van der Waals surface area contributed by atoms with Crippen molar-refractivity contribution in [2.24, 2.45) is 5.73 Å². The third-order valence-electron chi connectivity index (χ3n) is 4.77. The van der Waals surface area contributed by atoms with Gasteiger partial charge in [0, 0.05) is 17.3 Å². The van der Waals surface area contributed by atoms with Crippen LogP contribution >= 0.6 is 0 Å². The molecular weight excluding hydrogens is 312 g/mol. The van der Waals surface area contributed by atoms with Crippen molar-refractivity contribution in [2.45, 2.75) is 6.42 Å². The summed E-state index contributed by atoms with van der Waals surface area (Å²) in [6, 6.07) is 13.8. The highest BCUT2D eigenvalue weighted by molar-refractivity contribution is 6.01. The first-order valence-electron chi connectivity index (χ1n) is 8.06. The van der Waals surface area contributed by atoms with Crippen LogP contribution in [-0.2, 0) is 6.42 Å². The van der Waals surface area contributed by atoms with Gasteiger partial charge >= 0.3 is 0 Å². The van der Waals surface area contributed by atoms with Crippen molar-refractivity contribution < 1.29 is 4.79 Å². The Balaban J connectivity index is 1.82. The van der Waals surface area contributed by atoms with E-state index in [0.717, 1.165) is 39.1 Å². The molecule has 2 aromatic heterocycles. The van der Waals surface area contributed by atoms with Gasteiger partial charge in [-0.25, -0.2) is 4.98 Å². The Bertz CT molecular complexity index is 1130. The summed E-state index contributed by atoms with van der Waals surface area (Å²) in [5, 5.41) is 0. The van der Waals surface area contributed by atoms with Crippen LogP contribution in [0.2, 0.25) is 0 Å². The van der Waals surface area contributed by atoms with Gasteiger partial charge in [0.15, 0.2) is 0 Å². The second-order valence-electron chi connectivity index (χ2n) is 6.19. The number of nitrogens with zero attached hydrogens (tertiary/aromatic N) is 2. The van der Waals surface area contributed by atoms with Crippen LogP contribution in [0, 0.1) is 0 Å². The molecule has 3 N–H and O–H groups in total. The molecule has 4 aromatic rings. The number of aromatic nitrogens is 3. The number of primary amides is 1. The first kappa shape index (κ1) is 13.9. The fourth-order valence-electron chi connectivity index (χ4n) is 3.66. The van der Waals surface area contributed by atoms with Gasteiger partial charge in [0.1, 0.15) is 5.82 Å². The van der Waals surface area contributed by atoms with Gasteiger partial charge in [-0.15, -0.1) is 0 Å². The summed E-state index contributed by atoms with van der Waals surface area (Å²) in [6.45, 7) is 0. The predicted octanol–water partition coefficient (Wildman–Crippen LogP) is 3.30. The molecule has 2 aromatic carbocycles. The van der Waals surface area contributed by atoms with Crippen molar-refractivity contribution >= 4 is 16.9 Å². The average Bonchev–Trinajstić information content (AvgIpc) is 3.22. The maximum atomic E-state index is 11.9. The molecule has 25 heavy (non-hydrogen) atoms. The van der Waals surface area contributed by atoms with Crippen LogP contribution < -0.4 is 5.73 Å². The number of carbonyl (C=O) groups is 1. The Morgan fingerprint density at radius 2 is 1.96 bits per heavy atom. The number of hydrogen-bond acceptors (Lipinski definition) is 3. The number of H-pyrrole nitrogens is 1. The van der Waals surface area contributed by atoms with E-state index in [1.54, 1.807) is 18.5 Å². The molecule has 5 rings (SSSR count). The molecule has 0 aliphatic heterocycles. The molecular formula is C20H14N4O. The fourth-order valence-corrected chi connectivity index (χ4v) is 3.66. The van der Waals surface area contributed by atoms with E-state index in [4.69, 9.17) is 10.7 Å². The van der Waals surface area contributed by atoms with Crippen LogP contribution in [0.1, 0.15) is 21.5 Å². The van der Waals surface area contributed by atoms with Crippen molar-refractivity contribution in [1.82, 2.24) is 15.0 Å². The van der Waals surface area contributed by atoms with E-state index >= 15 is 0 Å². The maximum absolute atomic E-state index is 11.9. The van der Waals surface area contributed by atoms with Crippen LogP contribution in [-0.4, -0.2) is 20.9 Å². The summed E-state index contributed by atoms with van der Waals surface area (Å²) in [5.41, 5.74) is 13.3. The lowest BCUT2D eigenvalue weighted by Crippen LogP contribution is -2.13. The third kappa shape index (κ3) is 1.99. The number of nitrogens with one attached hydrogen (secondary N) is 1. The van der Waals surface area contributed by atoms with Crippen LogP contribution in [0.3, 0.4) is 0 Å². The minimum atomic E-state index is -0.399. The Morgan fingerprint density at radius 3 is 2.80 bits per heavy atom. The molecule has 0 fully saturated rings. The lowest BCUT2D eigenvalue weighted by molar-refractivity contribution is 0.0999. The highest BCUT2D eigenvalue weighted by Crippen LogP contribution is 2.43. The quantitative estimate of drug-likeness (QED) is 0.522. The summed E-state index contributed by atoms with van der Waals surface area (Å²) >= 11 is 0. The molecule has 5 heteroatoms. The molecule has 0 bridgehead atoms. The third-order valence-corrected chi connectivity index (χ3v) is 4.77. The van der Waals surface area contributed by atoms with E-state index in [2.05, 4.69) is 22.1 Å². The smallest absolute Gasteiger partial charge is 0.249 e. The summed E-state index contributed by atoms with van der Waals surface area (Å²) < 4.78 is 0. The number of nitrogens with two attached hydrogens (primary N) is 1. The highest BCUT2D eigenvalue weighted by Gasteiger charge is 2.27. The number of hydrogen-bond donors (Lipinski definition) is 2. The Labute approximate surface area is 143 Å². The van der Waals surface area contributed by atoms with E-state index in [0.29, 0.717) is 12.0 Å². The SMILES string of the molecule is NC(=O)c1ccc(-c2nc3ccncc3[nH]2)c2c1Cc1ccccc1-2. The molecule has 2 heterocycles. The molecule has 0 radical (unpaired) electrons. The highest BCUT2D eigenvalue weighted by atomic mass is 16.1. The van der Waals surface area contributed by atoms with Crippen LogP contribution in [0.15, 0.2) is 54.9 Å². The van der Waals surface area contributed by atoms with Gasteiger partial charge in [-0.05, 0) is 46.9 Å². The zero-order chi connectivity index (χ0) is 17.0. The van der Waals surface area contributed by atoms with Crippen molar-refractivity contribution in [3.05, 3.63) is 71.5 Å². The van der Waals surface area contributed by atoms with Gasteiger partial charge in [0.05, 0.1) is 17.2 Å². The van der Waals surface area contributed by atoms with Crippen LogP contribution in [0.25, 0.3) is 33.5 Å². The molecule has 0 saturated carbocycles. The first-order valence-corrected chi connectivity index (χ1v) is 8.06. The number of fused-ring (bicyclic) bond motifs is 4. The predicted molar refractivity (Wildman–Crippen MR) is 96.1 cm³/mol. The number of rotatable bonds is 2. The van der Waals surface area contributed by atoms with Gasteiger partial charge in [0.25, 0.3) is 0 Å². The monoisotopic (exact) mass is 326 g/mol. The summed E-state index contributed by atoms with van der Waals surface area (Å²) in [7, 11) is 0. The molecule has 0 unspecified atom stereocenters. The summed E-state index contributed by atoms with van der Waals surface area (Å²) in [4.78, 5) is 24.1. The molecule has 0 spiro atoms. The van der Waals surface area contributed by atoms with Crippen molar-refractivity contribution in [2.75, 3.05) is 0 Å². The molecule has 120 valence electrons. The van der Waals surface area contributed by atoms with E-state index in [1.807, 2.05) is 24.3 Å². The number of imidazole rings is 1. The maximum Gasteiger partial charge on any atom is 0.249 e. The van der Waals surface area contributed by atoms with Gasteiger partial charge < -0.3 is 10.7 Å². The lowest BCUT2D eigenvalue weighted by Gasteiger charge is -2.10. The largest absolute Gasteiger partial charge is 0.366 e. The van der Waals surface area contributed by atoms with Gasteiger partial charge in [-0.2, -0.15) is 0 Å². The molecule has 0 saturated heterocycles. The zero-order valence-corrected chi connectivity index (χ0v) is 13.3. The van der Waals surface area contributed by atoms with Crippen molar-refractivity contribution in [1.29, 1.82) is 0 Å². The van der Waals surface area contributed by atoms with Crippen LogP contribution in [0.5, 0.6) is 0 Å². The summed E-state index contributed by atoms with van der Waals surface area (Å²) in [6.07, 6.45) is 4.19. The van der Waals surface area contributed by atoms with Crippen molar-refractivity contribution in [3.63, 3.8) is 0 Å². The van der Waals surface area contributed by atoms with E-state index in [1.165, 1.54) is 5.56 Å². The molecule has 0 atom stereocenters. The lowest BCUT2D eigenvalue weighted by atomic mass is 9.95. The van der Waals surface area contributed by atoms with E-state index in [9.17, 15) is 4.79 Å². The molecule has 1 amide bonds. The second-order valence-corrected chi connectivity index (χ2v) is 6.19. The van der Waals surface area contributed by atoms with E-state index in [-0.39, 0.29) is 0 Å².